The fourth-order valence-electron chi connectivity index (χ4n) is 1.81. The average Bonchev–Trinajstić information content (AvgIpc) is 2.82. The first-order valence-corrected chi connectivity index (χ1v) is 5.71. The molecule has 1 saturated heterocycles. The summed E-state index contributed by atoms with van der Waals surface area (Å²) in [6.07, 6.45) is 0.974. The van der Waals surface area contributed by atoms with Crippen LogP contribution in [0.3, 0.4) is 0 Å². The first kappa shape index (κ1) is 13.0. The lowest BCUT2D eigenvalue weighted by molar-refractivity contribution is -0.0521. The molecular weight excluding hydrogens is 247 g/mol. The second-order valence-corrected chi connectivity index (χ2v) is 4.13. The maximum absolute atomic E-state index is 13.4. The number of rotatable bonds is 5. The molecule has 0 radical (unpaired) electrons. The van der Waals surface area contributed by atoms with Gasteiger partial charge in [-0.2, -0.15) is 8.78 Å². The summed E-state index contributed by atoms with van der Waals surface area (Å²) < 4.78 is 46.5. The molecule has 1 aliphatic heterocycles. The van der Waals surface area contributed by atoms with Crippen LogP contribution in [-0.4, -0.2) is 26.4 Å². The molecular formula is C12H14F3NO2. The molecule has 0 spiro atoms. The van der Waals surface area contributed by atoms with E-state index in [0.717, 1.165) is 19.1 Å². The van der Waals surface area contributed by atoms with Gasteiger partial charge in [-0.1, -0.05) is 0 Å². The van der Waals surface area contributed by atoms with E-state index < -0.39 is 18.2 Å². The second-order valence-electron chi connectivity index (χ2n) is 4.13. The predicted molar refractivity (Wildman–Crippen MR) is 60.4 cm³/mol. The van der Waals surface area contributed by atoms with E-state index >= 15 is 0 Å². The largest absolute Gasteiger partial charge is 0.432 e. The summed E-state index contributed by atoms with van der Waals surface area (Å²) in [5, 5.41) is 3.04. The second kappa shape index (κ2) is 5.95. The molecule has 1 aromatic rings. The van der Waals surface area contributed by atoms with Gasteiger partial charge in [0.15, 0.2) is 11.6 Å². The monoisotopic (exact) mass is 261 g/mol. The van der Waals surface area contributed by atoms with E-state index in [1.807, 2.05) is 0 Å². The zero-order valence-electron chi connectivity index (χ0n) is 9.67. The molecule has 1 aromatic carbocycles. The van der Waals surface area contributed by atoms with Crippen LogP contribution in [0.25, 0.3) is 0 Å². The van der Waals surface area contributed by atoms with Crippen molar-refractivity contribution in [2.45, 2.75) is 13.0 Å². The smallest absolute Gasteiger partial charge is 0.387 e. The normalized spacial score (nSPS) is 19.2. The third-order valence-corrected chi connectivity index (χ3v) is 2.77. The molecule has 0 amide bonds. The van der Waals surface area contributed by atoms with Crippen molar-refractivity contribution < 1.29 is 22.6 Å². The van der Waals surface area contributed by atoms with Crippen LogP contribution in [0.15, 0.2) is 18.2 Å². The Hall–Kier alpha value is -1.43. The summed E-state index contributed by atoms with van der Waals surface area (Å²) in [5.41, 5.74) is 0.543. The van der Waals surface area contributed by atoms with E-state index in [9.17, 15) is 13.2 Å². The number of halogens is 3. The summed E-state index contributed by atoms with van der Waals surface area (Å²) in [5.74, 6) is -0.840. The molecule has 1 heterocycles. The molecule has 100 valence electrons. The quantitative estimate of drug-likeness (QED) is 0.884. The first-order valence-electron chi connectivity index (χ1n) is 5.71. The van der Waals surface area contributed by atoms with Gasteiger partial charge in [0.25, 0.3) is 0 Å². The minimum Gasteiger partial charge on any atom is -0.432 e. The van der Waals surface area contributed by atoms with Crippen molar-refractivity contribution >= 4 is 5.69 Å². The van der Waals surface area contributed by atoms with Crippen LogP contribution < -0.4 is 10.1 Å². The van der Waals surface area contributed by atoms with E-state index in [2.05, 4.69) is 10.1 Å². The highest BCUT2D eigenvalue weighted by Gasteiger charge is 2.15. The van der Waals surface area contributed by atoms with Crippen molar-refractivity contribution in [2.75, 3.05) is 25.1 Å². The van der Waals surface area contributed by atoms with Crippen LogP contribution in [-0.2, 0) is 4.74 Å². The van der Waals surface area contributed by atoms with Crippen LogP contribution in [0.4, 0.5) is 18.9 Å². The maximum Gasteiger partial charge on any atom is 0.387 e. The highest BCUT2D eigenvalue weighted by molar-refractivity contribution is 5.47. The van der Waals surface area contributed by atoms with Crippen molar-refractivity contribution in [3.63, 3.8) is 0 Å². The zero-order valence-corrected chi connectivity index (χ0v) is 9.67. The van der Waals surface area contributed by atoms with Gasteiger partial charge in [-0.25, -0.2) is 4.39 Å². The Morgan fingerprint density at radius 2 is 2.28 bits per heavy atom. The van der Waals surface area contributed by atoms with Gasteiger partial charge in [0.05, 0.1) is 6.61 Å². The number of alkyl halides is 2. The molecule has 0 bridgehead atoms. The van der Waals surface area contributed by atoms with Gasteiger partial charge in [0, 0.05) is 30.8 Å². The van der Waals surface area contributed by atoms with Gasteiger partial charge in [-0.05, 0) is 18.6 Å². The fraction of sp³-hybridized carbons (Fsp3) is 0.500. The third kappa shape index (κ3) is 3.53. The van der Waals surface area contributed by atoms with Crippen LogP contribution >= 0.6 is 0 Å². The molecule has 1 aliphatic rings. The Bertz CT molecular complexity index is 395. The van der Waals surface area contributed by atoms with Crippen molar-refractivity contribution in [3.8, 4) is 5.75 Å². The van der Waals surface area contributed by atoms with Gasteiger partial charge in [0.2, 0.25) is 0 Å². The summed E-state index contributed by atoms with van der Waals surface area (Å²) >= 11 is 0. The summed E-state index contributed by atoms with van der Waals surface area (Å²) in [6, 6.07) is 3.85. The molecule has 1 fully saturated rings. The van der Waals surface area contributed by atoms with E-state index in [1.54, 1.807) is 0 Å². The van der Waals surface area contributed by atoms with Gasteiger partial charge >= 0.3 is 6.61 Å². The van der Waals surface area contributed by atoms with Gasteiger partial charge in [-0.15, -0.1) is 0 Å². The molecule has 2 rings (SSSR count). The van der Waals surface area contributed by atoms with Crippen LogP contribution in [0.5, 0.6) is 5.75 Å². The highest BCUT2D eigenvalue weighted by Crippen LogP contribution is 2.23. The standard InChI is InChI=1S/C12H14F3NO2/c13-10-5-9(1-2-11(10)18-12(14)15)16-6-8-3-4-17-7-8/h1-2,5,8,12,16H,3-4,6-7H2. The first-order chi connectivity index (χ1) is 8.65. The van der Waals surface area contributed by atoms with Gasteiger partial charge < -0.3 is 14.8 Å². The Labute approximate surface area is 103 Å². The topological polar surface area (TPSA) is 30.5 Å². The fourth-order valence-corrected chi connectivity index (χ4v) is 1.81. The molecule has 0 saturated carbocycles. The Morgan fingerprint density at radius 1 is 1.44 bits per heavy atom. The number of nitrogens with one attached hydrogen (secondary N) is 1. The van der Waals surface area contributed by atoms with Crippen molar-refractivity contribution in [1.82, 2.24) is 0 Å². The molecule has 1 atom stereocenters. The number of benzene rings is 1. The van der Waals surface area contributed by atoms with Crippen molar-refractivity contribution in [2.24, 2.45) is 5.92 Å². The highest BCUT2D eigenvalue weighted by atomic mass is 19.3. The van der Waals surface area contributed by atoms with E-state index in [1.165, 1.54) is 12.1 Å². The van der Waals surface area contributed by atoms with E-state index in [0.29, 0.717) is 24.8 Å². The van der Waals surface area contributed by atoms with Crippen LogP contribution in [0, 0.1) is 11.7 Å². The third-order valence-electron chi connectivity index (χ3n) is 2.77. The summed E-state index contributed by atoms with van der Waals surface area (Å²) in [6.45, 7) is -0.896. The zero-order chi connectivity index (χ0) is 13.0. The molecule has 1 unspecified atom stereocenters. The number of ether oxygens (including phenoxy) is 2. The average molecular weight is 261 g/mol. The van der Waals surface area contributed by atoms with Gasteiger partial charge in [-0.3, -0.25) is 0 Å². The minimum absolute atomic E-state index is 0.407. The molecule has 0 aromatic heterocycles. The molecule has 6 heteroatoms. The van der Waals surface area contributed by atoms with E-state index in [-0.39, 0.29) is 0 Å². The molecule has 3 nitrogen and oxygen atoms in total. The lowest BCUT2D eigenvalue weighted by atomic mass is 10.1. The lowest BCUT2D eigenvalue weighted by Crippen LogP contribution is -2.14. The number of hydrogen-bond acceptors (Lipinski definition) is 3. The minimum atomic E-state index is -3.02. The Morgan fingerprint density at radius 3 is 2.89 bits per heavy atom. The Kier molecular flexibility index (Phi) is 4.30. The van der Waals surface area contributed by atoms with Crippen LogP contribution in [0.2, 0.25) is 0 Å². The summed E-state index contributed by atoms with van der Waals surface area (Å²) in [7, 11) is 0. The molecule has 18 heavy (non-hydrogen) atoms. The number of hydrogen-bond donors (Lipinski definition) is 1. The van der Waals surface area contributed by atoms with E-state index in [4.69, 9.17) is 4.74 Å². The summed E-state index contributed by atoms with van der Waals surface area (Å²) in [4.78, 5) is 0. The lowest BCUT2D eigenvalue weighted by Gasteiger charge is -2.12. The predicted octanol–water partition coefficient (Wildman–Crippen LogP) is 2.88. The molecule has 0 aliphatic carbocycles. The SMILES string of the molecule is Fc1cc(NCC2CCOC2)ccc1OC(F)F. The van der Waals surface area contributed by atoms with Gasteiger partial charge in [0.1, 0.15) is 0 Å². The molecule has 1 N–H and O–H groups in total. The number of anilines is 1. The van der Waals surface area contributed by atoms with Crippen molar-refractivity contribution in [3.05, 3.63) is 24.0 Å². The Balaban J connectivity index is 1.91. The maximum atomic E-state index is 13.4. The van der Waals surface area contributed by atoms with Crippen LogP contribution in [0.1, 0.15) is 6.42 Å². The van der Waals surface area contributed by atoms with Crippen molar-refractivity contribution in [1.29, 1.82) is 0 Å².